The third-order valence-electron chi connectivity index (χ3n) is 7.20. The minimum Gasteiger partial charge on any atom is -0.463 e. The van der Waals surface area contributed by atoms with E-state index in [0.29, 0.717) is 16.9 Å². The monoisotopic (exact) mass is 604 g/mol. The van der Waals surface area contributed by atoms with Gasteiger partial charge in [0.05, 0.1) is 19.2 Å². The summed E-state index contributed by atoms with van der Waals surface area (Å²) in [4.78, 5) is 50.8. The molecule has 1 saturated heterocycles. The van der Waals surface area contributed by atoms with Gasteiger partial charge in [-0.1, -0.05) is 67.6 Å². The summed E-state index contributed by atoms with van der Waals surface area (Å²) < 4.78 is 35.2. The number of nitrogens with one attached hydrogen (secondary N) is 2. The van der Waals surface area contributed by atoms with Gasteiger partial charge in [0.2, 0.25) is 11.9 Å². The zero-order chi connectivity index (χ0) is 31.3. The molecule has 2 aromatic carbocycles. The van der Waals surface area contributed by atoms with Crippen LogP contribution < -0.4 is 10.6 Å². The van der Waals surface area contributed by atoms with E-state index < -0.39 is 36.0 Å². The van der Waals surface area contributed by atoms with Gasteiger partial charge in [-0.25, -0.2) is 9.37 Å². The summed E-state index contributed by atoms with van der Waals surface area (Å²) >= 11 is 0. The second kappa shape index (κ2) is 13.2. The molecule has 1 unspecified atom stereocenters. The van der Waals surface area contributed by atoms with Gasteiger partial charge in [-0.05, 0) is 18.1 Å². The van der Waals surface area contributed by atoms with Crippen LogP contribution in [-0.4, -0.2) is 68.9 Å². The normalized spacial score (nSPS) is 21.1. The van der Waals surface area contributed by atoms with E-state index >= 15 is 4.39 Å². The Morgan fingerprint density at radius 2 is 1.66 bits per heavy atom. The van der Waals surface area contributed by atoms with Gasteiger partial charge in [0.15, 0.2) is 35.0 Å². The molecule has 4 atom stereocenters. The van der Waals surface area contributed by atoms with Crippen molar-refractivity contribution in [3.63, 3.8) is 0 Å². The number of nitrogens with zero attached hydrogens (tertiary/aromatic N) is 4. The highest BCUT2D eigenvalue weighted by Crippen LogP contribution is 2.44. The first kappa shape index (κ1) is 30.5. The lowest BCUT2D eigenvalue weighted by molar-refractivity contribution is -0.160. The number of esters is 2. The Morgan fingerprint density at radius 3 is 2.30 bits per heavy atom. The summed E-state index contributed by atoms with van der Waals surface area (Å²) in [6.07, 6.45) is -2.49. The molecule has 12 nitrogen and oxygen atoms in total. The molecular formula is C31H33FN6O6. The average Bonchev–Trinajstić information content (AvgIpc) is 3.53. The fraction of sp³-hybridized carbons (Fsp3) is 0.355. The zero-order valence-corrected chi connectivity index (χ0v) is 24.5. The maximum atomic E-state index is 16.8. The van der Waals surface area contributed by atoms with Crippen molar-refractivity contribution in [1.82, 2.24) is 19.5 Å². The quantitative estimate of drug-likeness (QED) is 0.243. The lowest BCUT2D eigenvalue weighted by atomic mass is 9.98. The lowest BCUT2D eigenvalue weighted by Gasteiger charge is -2.27. The molecule has 0 bridgehead atoms. The largest absolute Gasteiger partial charge is 0.463 e. The number of amides is 1. The molecule has 2 N–H and O–H groups in total. The van der Waals surface area contributed by atoms with Crippen molar-refractivity contribution in [2.24, 2.45) is 0 Å². The van der Waals surface area contributed by atoms with Crippen LogP contribution >= 0.6 is 0 Å². The fourth-order valence-electron chi connectivity index (χ4n) is 5.02. The molecule has 1 amide bonds. The van der Waals surface area contributed by atoms with E-state index in [1.807, 2.05) is 36.4 Å². The number of halogens is 1. The van der Waals surface area contributed by atoms with Gasteiger partial charge >= 0.3 is 11.9 Å². The van der Waals surface area contributed by atoms with Crippen LogP contribution in [0, 0.1) is 0 Å². The van der Waals surface area contributed by atoms with Crippen molar-refractivity contribution in [1.29, 1.82) is 0 Å². The Labute approximate surface area is 252 Å². The van der Waals surface area contributed by atoms with Crippen LogP contribution in [0.25, 0.3) is 11.2 Å². The highest BCUT2D eigenvalue weighted by atomic mass is 19.1. The maximum Gasteiger partial charge on any atom is 0.310 e. The predicted molar refractivity (Wildman–Crippen MR) is 158 cm³/mol. The van der Waals surface area contributed by atoms with Gasteiger partial charge in [0.1, 0.15) is 12.7 Å². The second-order valence-corrected chi connectivity index (χ2v) is 10.5. The van der Waals surface area contributed by atoms with Crippen LogP contribution in [0.5, 0.6) is 0 Å². The topological polar surface area (TPSA) is 147 Å². The molecule has 0 radical (unpaired) electrons. The molecule has 3 heterocycles. The highest BCUT2D eigenvalue weighted by Gasteiger charge is 2.58. The summed E-state index contributed by atoms with van der Waals surface area (Å²) in [5.41, 5.74) is -0.355. The SMILES string of the molecule is CCC(=O)OCC1O[C@@H](n2cnc3c(NC)nc(NC(=O)Cc4ccccc4)nc32)[C@](C)(F)[C@@H]1OC(=O)Cc1ccccc1. The molecule has 230 valence electrons. The number of alkyl halides is 1. The fourth-order valence-corrected chi connectivity index (χ4v) is 5.02. The number of carbonyl (C=O) groups is 3. The van der Waals surface area contributed by atoms with Crippen LogP contribution in [0.1, 0.15) is 37.6 Å². The molecule has 0 saturated carbocycles. The number of carbonyl (C=O) groups excluding carboxylic acids is 3. The Balaban J connectivity index is 1.44. The number of anilines is 2. The van der Waals surface area contributed by atoms with E-state index in [0.717, 1.165) is 5.56 Å². The Kier molecular flexibility index (Phi) is 9.14. The van der Waals surface area contributed by atoms with Crippen LogP contribution in [-0.2, 0) is 41.4 Å². The molecule has 44 heavy (non-hydrogen) atoms. The number of imidazole rings is 1. The van der Waals surface area contributed by atoms with Gasteiger partial charge in [0, 0.05) is 13.5 Å². The number of ether oxygens (including phenoxy) is 3. The lowest BCUT2D eigenvalue weighted by Crippen LogP contribution is -2.44. The van der Waals surface area contributed by atoms with Crippen LogP contribution in [0.4, 0.5) is 16.2 Å². The third kappa shape index (κ3) is 6.67. The van der Waals surface area contributed by atoms with E-state index in [1.165, 1.54) is 17.8 Å². The first-order chi connectivity index (χ1) is 21.2. The molecule has 1 aliphatic heterocycles. The van der Waals surface area contributed by atoms with E-state index in [4.69, 9.17) is 14.2 Å². The molecular weight excluding hydrogens is 571 g/mol. The predicted octanol–water partition coefficient (Wildman–Crippen LogP) is 3.78. The van der Waals surface area contributed by atoms with Crippen molar-refractivity contribution in [2.75, 3.05) is 24.3 Å². The van der Waals surface area contributed by atoms with Gasteiger partial charge in [0.25, 0.3) is 0 Å². The molecule has 4 aromatic rings. The Bertz CT molecular complexity index is 1630. The summed E-state index contributed by atoms with van der Waals surface area (Å²) in [5.74, 6) is -1.26. The summed E-state index contributed by atoms with van der Waals surface area (Å²) in [6.45, 7) is 2.54. The Hall–Kier alpha value is -4.91. The molecule has 2 aromatic heterocycles. The average molecular weight is 605 g/mol. The number of aromatic nitrogens is 4. The maximum absolute atomic E-state index is 16.8. The number of hydrogen-bond acceptors (Lipinski definition) is 10. The standard InChI is InChI=1S/C31H33FN6O6/c1-4-23(40)42-17-21-26(44-24(41)16-20-13-9-6-10-14-20)31(2,32)29(43-21)38-18-34-25-27(33-3)36-30(37-28(25)38)35-22(39)15-19-11-7-5-8-12-19/h5-14,18,21,26,29H,4,15-17H2,1-3H3,(H2,33,35,36,37,39)/t21?,26-,29-,31-/m1/s1. The Morgan fingerprint density at radius 1 is 1.00 bits per heavy atom. The number of hydrogen-bond donors (Lipinski definition) is 2. The molecule has 5 rings (SSSR count). The molecule has 1 aliphatic rings. The molecule has 13 heteroatoms. The third-order valence-corrected chi connectivity index (χ3v) is 7.20. The van der Waals surface area contributed by atoms with Crippen molar-refractivity contribution < 1.29 is 33.0 Å². The molecule has 0 aliphatic carbocycles. The van der Waals surface area contributed by atoms with Crippen molar-refractivity contribution in [2.45, 2.75) is 57.2 Å². The van der Waals surface area contributed by atoms with Crippen LogP contribution in [0.3, 0.4) is 0 Å². The first-order valence-electron chi connectivity index (χ1n) is 14.2. The molecule has 0 spiro atoms. The summed E-state index contributed by atoms with van der Waals surface area (Å²) in [6, 6.07) is 18.1. The second-order valence-electron chi connectivity index (χ2n) is 10.5. The highest BCUT2D eigenvalue weighted by molar-refractivity contribution is 5.92. The van der Waals surface area contributed by atoms with Crippen LogP contribution in [0.2, 0.25) is 0 Å². The minimum atomic E-state index is -2.31. The molecule has 1 fully saturated rings. The smallest absolute Gasteiger partial charge is 0.310 e. The van der Waals surface area contributed by atoms with Gasteiger partial charge in [-0.3, -0.25) is 24.3 Å². The zero-order valence-electron chi connectivity index (χ0n) is 24.5. The van der Waals surface area contributed by atoms with Crippen molar-refractivity contribution >= 4 is 40.8 Å². The first-order valence-corrected chi connectivity index (χ1v) is 14.2. The van der Waals surface area contributed by atoms with Gasteiger partial charge in [-0.15, -0.1) is 0 Å². The van der Waals surface area contributed by atoms with Crippen LogP contribution in [0.15, 0.2) is 67.0 Å². The van der Waals surface area contributed by atoms with E-state index in [-0.39, 0.29) is 43.4 Å². The summed E-state index contributed by atoms with van der Waals surface area (Å²) in [7, 11) is 1.63. The minimum absolute atomic E-state index is 0.0256. The van der Waals surface area contributed by atoms with E-state index in [1.54, 1.807) is 38.2 Å². The number of rotatable bonds is 11. The van der Waals surface area contributed by atoms with Gasteiger partial charge < -0.3 is 19.5 Å². The summed E-state index contributed by atoms with van der Waals surface area (Å²) in [5, 5.41) is 5.61. The van der Waals surface area contributed by atoms with E-state index in [9.17, 15) is 14.4 Å². The van der Waals surface area contributed by atoms with Crippen molar-refractivity contribution in [3.05, 3.63) is 78.1 Å². The number of benzene rings is 2. The van der Waals surface area contributed by atoms with E-state index in [2.05, 4.69) is 25.6 Å². The van der Waals surface area contributed by atoms with Gasteiger partial charge in [-0.2, -0.15) is 9.97 Å². The number of fused-ring (bicyclic) bond motifs is 1. The van der Waals surface area contributed by atoms with Crippen molar-refractivity contribution in [3.8, 4) is 0 Å².